The molecule has 0 aromatic heterocycles. The average molecular weight is 329 g/mol. The summed E-state index contributed by atoms with van der Waals surface area (Å²) in [6.45, 7) is 2.96. The Morgan fingerprint density at radius 3 is 2.74 bits per heavy atom. The van der Waals surface area contributed by atoms with Crippen molar-refractivity contribution in [3.8, 4) is 11.5 Å². The van der Waals surface area contributed by atoms with Crippen LogP contribution in [0.4, 0.5) is 0 Å². The van der Waals surface area contributed by atoms with Crippen LogP contribution in [-0.2, 0) is 6.54 Å². The lowest BCUT2D eigenvalue weighted by Crippen LogP contribution is -2.31. The molecule has 2 aromatic carbocycles. The molecule has 0 atom stereocenters. The number of nitrogens with zero attached hydrogens (tertiary/aromatic N) is 1. The van der Waals surface area contributed by atoms with Gasteiger partial charge in [0, 0.05) is 12.1 Å². The minimum absolute atomic E-state index is 0.0584. The van der Waals surface area contributed by atoms with Gasteiger partial charge in [-0.1, -0.05) is 36.4 Å². The zero-order valence-electron chi connectivity index (χ0n) is 12.8. The maximum Gasteiger partial charge on any atom is 0.187 e. The molecule has 0 aliphatic rings. The molecule has 2 rings (SSSR count). The maximum absolute atomic E-state index is 10.0. The first-order valence-electron chi connectivity index (χ1n) is 7.26. The number of phenolic OH excluding ortho intramolecular Hbond substituents is 1. The number of hydrogen-bond donors (Lipinski definition) is 3. The number of aromatic hydroxyl groups is 1. The fourth-order valence-corrected chi connectivity index (χ4v) is 2.02. The van der Waals surface area contributed by atoms with Crippen molar-refractivity contribution < 1.29 is 9.84 Å². The predicted molar refractivity (Wildman–Crippen MR) is 95.9 cm³/mol. The van der Waals surface area contributed by atoms with E-state index in [9.17, 15) is 5.11 Å². The summed E-state index contributed by atoms with van der Waals surface area (Å²) in [5, 5.41) is 17.5. The van der Waals surface area contributed by atoms with E-state index in [0.29, 0.717) is 29.6 Å². The van der Waals surface area contributed by atoms with E-state index in [1.54, 1.807) is 18.2 Å². The Bertz CT molecular complexity index is 675. The lowest BCUT2D eigenvalue weighted by molar-refractivity contribution is 0.318. The second-order valence-electron chi connectivity index (χ2n) is 4.67. The molecule has 0 unspecified atom stereocenters. The molecule has 23 heavy (non-hydrogen) atoms. The number of hydrazone groups is 1. The van der Waals surface area contributed by atoms with Gasteiger partial charge in [-0.3, -0.25) is 5.43 Å². The Morgan fingerprint density at radius 2 is 2.00 bits per heavy atom. The molecular weight excluding hydrogens is 310 g/mol. The zero-order valence-corrected chi connectivity index (χ0v) is 13.6. The third kappa shape index (κ3) is 5.27. The second kappa shape index (κ2) is 8.75. The Balaban J connectivity index is 1.86. The van der Waals surface area contributed by atoms with Crippen molar-refractivity contribution in [3.63, 3.8) is 0 Å². The maximum atomic E-state index is 10.0. The lowest BCUT2D eigenvalue weighted by Gasteiger charge is -2.08. The molecule has 120 valence electrons. The van der Waals surface area contributed by atoms with Gasteiger partial charge in [0.15, 0.2) is 16.6 Å². The summed E-state index contributed by atoms with van der Waals surface area (Å²) >= 11 is 5.15. The van der Waals surface area contributed by atoms with Gasteiger partial charge in [-0.25, -0.2) is 0 Å². The highest BCUT2D eigenvalue weighted by Crippen LogP contribution is 2.28. The van der Waals surface area contributed by atoms with Crippen molar-refractivity contribution in [3.05, 3.63) is 59.7 Å². The molecule has 0 saturated heterocycles. The summed E-state index contributed by atoms with van der Waals surface area (Å²) in [5.41, 5.74) is 4.40. The number of benzene rings is 2. The summed E-state index contributed by atoms with van der Waals surface area (Å²) in [6.07, 6.45) is 1.49. The summed E-state index contributed by atoms with van der Waals surface area (Å²) in [7, 11) is 0. The number of para-hydroxylation sites is 1. The van der Waals surface area contributed by atoms with Gasteiger partial charge in [0.05, 0.1) is 12.8 Å². The normalized spacial score (nSPS) is 10.5. The minimum Gasteiger partial charge on any atom is -0.504 e. The van der Waals surface area contributed by atoms with E-state index in [0.717, 1.165) is 5.56 Å². The standard InChI is InChI=1S/C17H19N3O2S/c1-2-22-15-10-6-9-14(16(15)21)12-19-20-17(23)18-11-13-7-4-3-5-8-13/h3-10,12,21H,2,11H2,1H3,(H2,18,20,23)/b19-12+. The molecule has 0 aliphatic heterocycles. The van der Waals surface area contributed by atoms with E-state index in [4.69, 9.17) is 17.0 Å². The third-order valence-electron chi connectivity index (χ3n) is 3.00. The van der Waals surface area contributed by atoms with Gasteiger partial charge in [-0.2, -0.15) is 5.10 Å². The molecule has 0 aliphatic carbocycles. The van der Waals surface area contributed by atoms with Gasteiger partial charge in [0.1, 0.15) is 0 Å². The van der Waals surface area contributed by atoms with Crippen LogP contribution in [-0.4, -0.2) is 23.0 Å². The molecule has 2 aromatic rings. The van der Waals surface area contributed by atoms with Crippen LogP contribution in [0.5, 0.6) is 11.5 Å². The van der Waals surface area contributed by atoms with E-state index >= 15 is 0 Å². The smallest absolute Gasteiger partial charge is 0.187 e. The number of phenols is 1. The monoisotopic (exact) mass is 329 g/mol. The number of rotatable bonds is 6. The number of thiocarbonyl (C=S) groups is 1. The van der Waals surface area contributed by atoms with Crippen molar-refractivity contribution in [2.45, 2.75) is 13.5 Å². The first kappa shape index (κ1) is 16.8. The van der Waals surface area contributed by atoms with Crippen molar-refractivity contribution in [1.82, 2.24) is 10.7 Å². The van der Waals surface area contributed by atoms with Gasteiger partial charge in [0.25, 0.3) is 0 Å². The first-order chi connectivity index (χ1) is 11.2. The van der Waals surface area contributed by atoms with Crippen LogP contribution >= 0.6 is 12.2 Å². The molecule has 0 radical (unpaired) electrons. The molecule has 3 N–H and O–H groups in total. The fourth-order valence-electron chi connectivity index (χ4n) is 1.89. The Morgan fingerprint density at radius 1 is 1.22 bits per heavy atom. The Kier molecular flexibility index (Phi) is 6.38. The van der Waals surface area contributed by atoms with E-state index in [1.165, 1.54) is 6.21 Å². The summed E-state index contributed by atoms with van der Waals surface area (Å²) in [4.78, 5) is 0. The van der Waals surface area contributed by atoms with Gasteiger partial charge in [-0.15, -0.1) is 0 Å². The second-order valence-corrected chi connectivity index (χ2v) is 5.07. The molecule has 0 heterocycles. The van der Waals surface area contributed by atoms with Crippen LogP contribution in [0.25, 0.3) is 0 Å². The molecule has 5 nitrogen and oxygen atoms in total. The first-order valence-corrected chi connectivity index (χ1v) is 7.67. The molecular formula is C17H19N3O2S. The topological polar surface area (TPSA) is 65.9 Å². The van der Waals surface area contributed by atoms with Crippen LogP contribution < -0.4 is 15.5 Å². The Hall–Kier alpha value is -2.60. The summed E-state index contributed by atoms with van der Waals surface area (Å²) < 4.78 is 5.32. The molecule has 0 amide bonds. The lowest BCUT2D eigenvalue weighted by atomic mass is 10.2. The van der Waals surface area contributed by atoms with Crippen LogP contribution in [0.1, 0.15) is 18.1 Å². The van der Waals surface area contributed by atoms with E-state index in [2.05, 4.69) is 15.8 Å². The highest BCUT2D eigenvalue weighted by Gasteiger charge is 2.05. The van der Waals surface area contributed by atoms with Crippen LogP contribution in [0.15, 0.2) is 53.6 Å². The highest BCUT2D eigenvalue weighted by atomic mass is 32.1. The Labute approximate surface area is 141 Å². The summed E-state index contributed by atoms with van der Waals surface area (Å²) in [5.74, 6) is 0.490. The van der Waals surface area contributed by atoms with Crippen LogP contribution in [0.2, 0.25) is 0 Å². The zero-order chi connectivity index (χ0) is 16.5. The molecule has 0 bridgehead atoms. The molecule has 0 fully saturated rings. The number of nitrogens with one attached hydrogen (secondary N) is 2. The average Bonchev–Trinajstić information content (AvgIpc) is 2.57. The van der Waals surface area contributed by atoms with E-state index in [-0.39, 0.29) is 5.75 Å². The van der Waals surface area contributed by atoms with E-state index < -0.39 is 0 Å². The van der Waals surface area contributed by atoms with Crippen molar-refractivity contribution in [2.24, 2.45) is 5.10 Å². The van der Waals surface area contributed by atoms with Gasteiger partial charge < -0.3 is 15.2 Å². The number of hydrogen-bond acceptors (Lipinski definition) is 4. The number of ether oxygens (including phenoxy) is 1. The quantitative estimate of drug-likeness (QED) is 0.432. The van der Waals surface area contributed by atoms with Gasteiger partial charge in [0.2, 0.25) is 0 Å². The third-order valence-corrected chi connectivity index (χ3v) is 3.23. The molecule has 6 heteroatoms. The predicted octanol–water partition coefficient (Wildman–Crippen LogP) is 2.79. The van der Waals surface area contributed by atoms with Gasteiger partial charge in [-0.05, 0) is 36.8 Å². The van der Waals surface area contributed by atoms with Crippen molar-refractivity contribution >= 4 is 23.5 Å². The van der Waals surface area contributed by atoms with Crippen LogP contribution in [0, 0.1) is 0 Å². The van der Waals surface area contributed by atoms with Crippen LogP contribution in [0.3, 0.4) is 0 Å². The largest absolute Gasteiger partial charge is 0.504 e. The van der Waals surface area contributed by atoms with Crippen molar-refractivity contribution in [2.75, 3.05) is 6.61 Å². The molecule has 0 saturated carbocycles. The molecule has 0 spiro atoms. The van der Waals surface area contributed by atoms with Gasteiger partial charge >= 0.3 is 0 Å². The SMILES string of the molecule is CCOc1cccc(/C=N/NC(=S)NCc2ccccc2)c1O. The highest BCUT2D eigenvalue weighted by molar-refractivity contribution is 7.80. The minimum atomic E-state index is 0.0584. The van der Waals surface area contributed by atoms with Crippen molar-refractivity contribution in [1.29, 1.82) is 0 Å². The summed E-state index contributed by atoms with van der Waals surface area (Å²) in [6, 6.07) is 15.2. The fraction of sp³-hybridized carbons (Fsp3) is 0.176. The van der Waals surface area contributed by atoms with E-state index in [1.807, 2.05) is 37.3 Å².